The number of halogens is 3. The van der Waals surface area contributed by atoms with Crippen molar-refractivity contribution >= 4 is 12.3 Å². The predicted octanol–water partition coefficient (Wildman–Crippen LogP) is 4.82. The molecule has 0 aliphatic carbocycles. The Morgan fingerprint density at radius 2 is 1.81 bits per heavy atom. The molecule has 0 bridgehead atoms. The molecule has 7 heteroatoms. The Bertz CT molecular complexity index is 814. The van der Waals surface area contributed by atoms with E-state index in [1.807, 2.05) is 0 Å². The molecule has 0 heterocycles. The predicted molar refractivity (Wildman–Crippen MR) is 89.0 cm³/mol. The van der Waals surface area contributed by atoms with Crippen LogP contribution in [-0.4, -0.2) is 19.4 Å². The standard InChI is InChI=1S/C19H17F3O4/c1-11(26-12(2)24)16-14(10-23)9-15(25-3)17(18(16)19(20,21)22)13-7-5-4-6-8-13/h4-11H,1-3H3. The minimum absolute atomic E-state index is 0.0931. The number of alkyl halides is 3. The molecule has 26 heavy (non-hydrogen) atoms. The number of esters is 1. The number of benzene rings is 2. The summed E-state index contributed by atoms with van der Waals surface area (Å²) in [6.45, 7) is 2.38. The average molecular weight is 366 g/mol. The molecule has 0 aromatic heterocycles. The summed E-state index contributed by atoms with van der Waals surface area (Å²) < 4.78 is 52.1. The van der Waals surface area contributed by atoms with Crippen molar-refractivity contribution in [3.63, 3.8) is 0 Å². The van der Waals surface area contributed by atoms with Crippen LogP contribution in [0.1, 0.15) is 41.4 Å². The van der Waals surface area contributed by atoms with E-state index in [0.717, 1.165) is 6.92 Å². The van der Waals surface area contributed by atoms with Gasteiger partial charge in [-0.05, 0) is 18.6 Å². The summed E-state index contributed by atoms with van der Waals surface area (Å²) >= 11 is 0. The Labute approximate surface area is 148 Å². The van der Waals surface area contributed by atoms with Crippen molar-refractivity contribution < 1.29 is 32.2 Å². The fourth-order valence-electron chi connectivity index (χ4n) is 2.88. The van der Waals surface area contributed by atoms with E-state index in [2.05, 4.69) is 0 Å². The smallest absolute Gasteiger partial charge is 0.417 e. The Balaban J connectivity index is 2.94. The number of aldehydes is 1. The summed E-state index contributed by atoms with van der Waals surface area (Å²) in [5, 5.41) is 0. The van der Waals surface area contributed by atoms with Crippen molar-refractivity contribution in [2.24, 2.45) is 0 Å². The fraction of sp³-hybridized carbons (Fsp3) is 0.263. The second kappa shape index (κ2) is 7.59. The van der Waals surface area contributed by atoms with E-state index in [4.69, 9.17) is 9.47 Å². The average Bonchev–Trinajstić information content (AvgIpc) is 2.59. The molecular formula is C19H17F3O4. The summed E-state index contributed by atoms with van der Waals surface area (Å²) in [6.07, 6.45) is -5.78. The van der Waals surface area contributed by atoms with Crippen molar-refractivity contribution in [3.05, 3.63) is 53.1 Å². The van der Waals surface area contributed by atoms with Crippen LogP contribution < -0.4 is 4.74 Å². The lowest BCUT2D eigenvalue weighted by Gasteiger charge is -2.25. The molecule has 0 aliphatic heterocycles. The monoisotopic (exact) mass is 366 g/mol. The molecule has 1 atom stereocenters. The van der Waals surface area contributed by atoms with Gasteiger partial charge in [-0.15, -0.1) is 0 Å². The Kier molecular flexibility index (Phi) is 5.69. The van der Waals surface area contributed by atoms with E-state index < -0.39 is 29.4 Å². The maximum atomic E-state index is 14.0. The molecule has 138 valence electrons. The molecule has 0 saturated heterocycles. The molecule has 2 aromatic rings. The lowest BCUT2D eigenvalue weighted by atomic mass is 9.88. The third kappa shape index (κ3) is 3.87. The van der Waals surface area contributed by atoms with Gasteiger partial charge in [-0.1, -0.05) is 30.3 Å². The highest BCUT2D eigenvalue weighted by Crippen LogP contribution is 2.47. The second-order valence-electron chi connectivity index (χ2n) is 5.57. The molecule has 0 amide bonds. The largest absolute Gasteiger partial charge is 0.496 e. The number of ether oxygens (including phenoxy) is 2. The van der Waals surface area contributed by atoms with Crippen molar-refractivity contribution in [1.82, 2.24) is 0 Å². The van der Waals surface area contributed by atoms with Crippen molar-refractivity contribution in [2.45, 2.75) is 26.1 Å². The van der Waals surface area contributed by atoms with Crippen LogP contribution in [0.3, 0.4) is 0 Å². The highest BCUT2D eigenvalue weighted by molar-refractivity contribution is 5.86. The molecule has 0 saturated carbocycles. The van der Waals surface area contributed by atoms with Crippen LogP contribution in [0.5, 0.6) is 5.75 Å². The number of carbonyl (C=O) groups excluding carboxylic acids is 2. The maximum absolute atomic E-state index is 14.0. The molecule has 4 nitrogen and oxygen atoms in total. The SMILES string of the molecule is COc1cc(C=O)c(C(C)OC(C)=O)c(C(F)(F)F)c1-c1ccccc1. The van der Waals surface area contributed by atoms with Crippen LogP contribution in [0.25, 0.3) is 11.1 Å². The van der Waals surface area contributed by atoms with Crippen LogP contribution in [0.2, 0.25) is 0 Å². The van der Waals surface area contributed by atoms with Gasteiger partial charge in [0.05, 0.1) is 12.7 Å². The number of hydrogen-bond acceptors (Lipinski definition) is 4. The number of carbonyl (C=O) groups is 2. The summed E-state index contributed by atoms with van der Waals surface area (Å²) in [6, 6.07) is 9.10. The summed E-state index contributed by atoms with van der Waals surface area (Å²) in [4.78, 5) is 22.7. The highest BCUT2D eigenvalue weighted by Gasteiger charge is 2.41. The second-order valence-corrected chi connectivity index (χ2v) is 5.57. The van der Waals surface area contributed by atoms with Gasteiger partial charge in [0.15, 0.2) is 6.29 Å². The Morgan fingerprint density at radius 3 is 2.27 bits per heavy atom. The van der Waals surface area contributed by atoms with E-state index in [9.17, 15) is 22.8 Å². The normalized spacial score (nSPS) is 12.4. The molecule has 1 unspecified atom stereocenters. The van der Waals surface area contributed by atoms with E-state index >= 15 is 0 Å². The number of rotatable bonds is 5. The minimum Gasteiger partial charge on any atom is -0.496 e. The lowest BCUT2D eigenvalue weighted by Crippen LogP contribution is -2.18. The van der Waals surface area contributed by atoms with Gasteiger partial charge < -0.3 is 9.47 Å². The van der Waals surface area contributed by atoms with E-state index in [-0.39, 0.29) is 22.4 Å². The topological polar surface area (TPSA) is 52.6 Å². The fourth-order valence-corrected chi connectivity index (χ4v) is 2.88. The highest BCUT2D eigenvalue weighted by atomic mass is 19.4. The summed E-state index contributed by atoms with van der Waals surface area (Å²) in [5.74, 6) is -0.844. The molecule has 0 fully saturated rings. The molecule has 0 aliphatic rings. The van der Waals surface area contributed by atoms with Crippen LogP contribution in [0, 0.1) is 0 Å². The number of hydrogen-bond donors (Lipinski definition) is 0. The van der Waals surface area contributed by atoms with Crippen LogP contribution in [0.4, 0.5) is 13.2 Å². The van der Waals surface area contributed by atoms with Gasteiger partial charge in [0.2, 0.25) is 0 Å². The third-order valence-corrected chi connectivity index (χ3v) is 3.81. The van der Waals surface area contributed by atoms with Crippen molar-refractivity contribution in [2.75, 3.05) is 7.11 Å². The Hall–Kier alpha value is -2.83. The van der Waals surface area contributed by atoms with E-state index in [1.165, 1.54) is 32.2 Å². The first-order valence-electron chi connectivity index (χ1n) is 7.70. The summed E-state index contributed by atoms with van der Waals surface area (Å²) in [5.41, 5.74) is -1.64. The van der Waals surface area contributed by atoms with Gasteiger partial charge in [0.1, 0.15) is 11.9 Å². The van der Waals surface area contributed by atoms with Gasteiger partial charge in [-0.25, -0.2) is 0 Å². The van der Waals surface area contributed by atoms with Crippen LogP contribution in [-0.2, 0) is 15.7 Å². The molecule has 0 radical (unpaired) electrons. The van der Waals surface area contributed by atoms with Gasteiger partial charge in [0.25, 0.3) is 0 Å². The quantitative estimate of drug-likeness (QED) is 0.562. The third-order valence-electron chi connectivity index (χ3n) is 3.81. The van der Waals surface area contributed by atoms with Gasteiger partial charge in [-0.3, -0.25) is 9.59 Å². The van der Waals surface area contributed by atoms with Crippen molar-refractivity contribution in [3.8, 4) is 16.9 Å². The van der Waals surface area contributed by atoms with Gasteiger partial charge in [-0.2, -0.15) is 13.2 Å². The lowest BCUT2D eigenvalue weighted by molar-refractivity contribution is -0.149. The van der Waals surface area contributed by atoms with Gasteiger partial charge in [0, 0.05) is 23.6 Å². The molecule has 2 aromatic carbocycles. The van der Waals surface area contributed by atoms with Gasteiger partial charge >= 0.3 is 12.1 Å². The molecule has 0 spiro atoms. The molecule has 2 rings (SSSR count). The van der Waals surface area contributed by atoms with Crippen LogP contribution >= 0.6 is 0 Å². The van der Waals surface area contributed by atoms with E-state index in [0.29, 0.717) is 6.29 Å². The first kappa shape index (κ1) is 19.5. The molecular weight excluding hydrogens is 349 g/mol. The zero-order chi connectivity index (χ0) is 19.5. The minimum atomic E-state index is -4.80. The summed E-state index contributed by atoms with van der Waals surface area (Å²) in [7, 11) is 1.23. The van der Waals surface area contributed by atoms with Crippen LogP contribution in [0.15, 0.2) is 36.4 Å². The first-order chi connectivity index (χ1) is 12.2. The number of methoxy groups -OCH3 is 1. The first-order valence-corrected chi connectivity index (χ1v) is 7.70. The zero-order valence-corrected chi connectivity index (χ0v) is 14.4. The maximum Gasteiger partial charge on any atom is 0.417 e. The van der Waals surface area contributed by atoms with E-state index in [1.54, 1.807) is 18.2 Å². The zero-order valence-electron chi connectivity index (χ0n) is 14.4. The van der Waals surface area contributed by atoms with Crippen molar-refractivity contribution in [1.29, 1.82) is 0 Å². The molecule has 0 N–H and O–H groups in total. The Morgan fingerprint density at radius 1 is 1.19 bits per heavy atom.